The number of hydrogen-bond donors (Lipinski definition) is 2. The number of ether oxygens (including phenoxy) is 2. The van der Waals surface area contributed by atoms with Gasteiger partial charge in [0.25, 0.3) is 5.91 Å². The Bertz CT molecular complexity index is 937. The largest absolute Gasteiger partial charge is 0.459 e. The minimum Gasteiger partial charge on any atom is -0.459 e. The van der Waals surface area contributed by atoms with Crippen LogP contribution in [-0.2, 0) is 9.59 Å². The van der Waals surface area contributed by atoms with Gasteiger partial charge in [-0.25, -0.2) is 0 Å². The van der Waals surface area contributed by atoms with Gasteiger partial charge in [0.15, 0.2) is 17.3 Å². The molecule has 1 aromatic carbocycles. The summed E-state index contributed by atoms with van der Waals surface area (Å²) < 4.78 is 15.8. The summed E-state index contributed by atoms with van der Waals surface area (Å²) in [5, 5.41) is 5.05. The lowest BCUT2D eigenvalue weighted by Crippen LogP contribution is -2.48. The van der Waals surface area contributed by atoms with Crippen LogP contribution in [0.15, 0.2) is 41.0 Å². The molecule has 2 heterocycles. The van der Waals surface area contributed by atoms with Gasteiger partial charge in [0.05, 0.1) is 19.4 Å². The number of anilines is 1. The Kier molecular flexibility index (Phi) is 6.40. The molecule has 9 heteroatoms. The van der Waals surface area contributed by atoms with Crippen molar-refractivity contribution in [1.29, 1.82) is 0 Å². The number of hydrogen-bond acceptors (Lipinski definition) is 6. The first-order valence-corrected chi connectivity index (χ1v) is 10.4. The highest BCUT2D eigenvalue weighted by atomic mass is 16.7. The van der Waals surface area contributed by atoms with E-state index >= 15 is 0 Å². The molecule has 2 aliphatic rings. The van der Waals surface area contributed by atoms with Gasteiger partial charge in [-0.2, -0.15) is 0 Å². The maximum absolute atomic E-state index is 13.1. The Balaban J connectivity index is 1.37. The van der Waals surface area contributed by atoms with Gasteiger partial charge in [-0.1, -0.05) is 19.3 Å². The van der Waals surface area contributed by atoms with Gasteiger partial charge in [0, 0.05) is 17.8 Å². The third kappa shape index (κ3) is 4.99. The molecule has 31 heavy (non-hydrogen) atoms. The second-order valence-electron chi connectivity index (χ2n) is 7.53. The number of nitrogens with one attached hydrogen (secondary N) is 2. The summed E-state index contributed by atoms with van der Waals surface area (Å²) in [6, 6.07) is 8.60. The van der Waals surface area contributed by atoms with Crippen molar-refractivity contribution in [2.24, 2.45) is 0 Å². The first-order chi connectivity index (χ1) is 15.1. The van der Waals surface area contributed by atoms with Crippen LogP contribution < -0.4 is 25.0 Å². The second-order valence-corrected chi connectivity index (χ2v) is 7.53. The van der Waals surface area contributed by atoms with Crippen LogP contribution in [0, 0.1) is 0 Å². The minimum atomic E-state index is -0.490. The number of benzene rings is 1. The molecule has 1 aliphatic heterocycles. The number of fused-ring (bicyclic) bond motifs is 1. The van der Waals surface area contributed by atoms with Gasteiger partial charge in [-0.3, -0.25) is 14.4 Å². The average molecular weight is 427 g/mol. The topological polar surface area (TPSA) is 110 Å². The zero-order chi connectivity index (χ0) is 21.6. The lowest BCUT2D eigenvalue weighted by atomic mass is 9.93. The van der Waals surface area contributed by atoms with E-state index in [-0.39, 0.29) is 37.6 Å². The van der Waals surface area contributed by atoms with Crippen molar-refractivity contribution in [2.45, 2.75) is 38.1 Å². The van der Waals surface area contributed by atoms with Crippen LogP contribution in [0.5, 0.6) is 11.5 Å². The van der Waals surface area contributed by atoms with Gasteiger partial charge in [0.1, 0.15) is 0 Å². The van der Waals surface area contributed by atoms with Gasteiger partial charge in [0.2, 0.25) is 18.6 Å². The summed E-state index contributed by atoms with van der Waals surface area (Å²) in [5.41, 5.74) is 0.724. The SMILES string of the molecule is O=C(CNC(=O)c1ccco1)NCC(=O)N(c1ccc2c(c1)OCO2)C1CCCCC1. The number of carbonyl (C=O) groups is 3. The van der Waals surface area contributed by atoms with E-state index in [0.717, 1.165) is 37.8 Å². The molecule has 4 rings (SSSR count). The van der Waals surface area contributed by atoms with E-state index in [1.807, 2.05) is 6.07 Å². The molecule has 0 unspecified atom stereocenters. The lowest BCUT2D eigenvalue weighted by Gasteiger charge is -2.34. The van der Waals surface area contributed by atoms with Crippen LogP contribution in [-0.4, -0.2) is 43.6 Å². The van der Waals surface area contributed by atoms with Crippen molar-refractivity contribution in [3.05, 3.63) is 42.4 Å². The molecule has 1 fully saturated rings. The zero-order valence-electron chi connectivity index (χ0n) is 17.1. The molecule has 0 atom stereocenters. The summed E-state index contributed by atoms with van der Waals surface area (Å²) in [5.74, 6) is 0.223. The molecule has 2 N–H and O–H groups in total. The summed E-state index contributed by atoms with van der Waals surface area (Å²) in [7, 11) is 0. The maximum atomic E-state index is 13.1. The fourth-order valence-electron chi connectivity index (χ4n) is 3.91. The highest BCUT2D eigenvalue weighted by Gasteiger charge is 2.28. The van der Waals surface area contributed by atoms with Crippen LogP contribution in [0.3, 0.4) is 0 Å². The molecule has 2 aromatic rings. The van der Waals surface area contributed by atoms with Crippen molar-refractivity contribution >= 4 is 23.4 Å². The highest BCUT2D eigenvalue weighted by molar-refractivity contribution is 5.98. The van der Waals surface area contributed by atoms with Crippen molar-refractivity contribution in [2.75, 3.05) is 24.8 Å². The average Bonchev–Trinajstić information content (AvgIpc) is 3.49. The van der Waals surface area contributed by atoms with Crippen LogP contribution in [0.2, 0.25) is 0 Å². The van der Waals surface area contributed by atoms with Crippen molar-refractivity contribution in [3.63, 3.8) is 0 Å². The second kappa shape index (κ2) is 9.55. The first kappa shape index (κ1) is 20.8. The summed E-state index contributed by atoms with van der Waals surface area (Å²) in [6.45, 7) is -0.253. The highest BCUT2D eigenvalue weighted by Crippen LogP contribution is 2.37. The fraction of sp³-hybridized carbons (Fsp3) is 0.409. The van der Waals surface area contributed by atoms with Crippen LogP contribution in [0.25, 0.3) is 0 Å². The molecule has 1 aliphatic carbocycles. The Morgan fingerprint density at radius 3 is 2.55 bits per heavy atom. The van der Waals surface area contributed by atoms with Crippen LogP contribution in [0.4, 0.5) is 5.69 Å². The standard InChI is InChI=1S/C22H25N3O6/c26-20(12-24-22(28)18-7-4-10-29-18)23-13-21(27)25(15-5-2-1-3-6-15)16-8-9-17-19(11-16)31-14-30-17/h4,7-11,15H,1-3,5-6,12-14H2,(H,23,26)(H,24,28). The number of nitrogens with zero attached hydrogens (tertiary/aromatic N) is 1. The Hall–Kier alpha value is -3.49. The number of furan rings is 1. The summed E-state index contributed by atoms with van der Waals surface area (Å²) >= 11 is 0. The molecular weight excluding hydrogens is 402 g/mol. The van der Waals surface area contributed by atoms with Gasteiger partial charge >= 0.3 is 0 Å². The first-order valence-electron chi connectivity index (χ1n) is 10.4. The van der Waals surface area contributed by atoms with Crippen LogP contribution >= 0.6 is 0 Å². The molecule has 1 aromatic heterocycles. The molecule has 9 nitrogen and oxygen atoms in total. The monoisotopic (exact) mass is 427 g/mol. The molecule has 1 saturated carbocycles. The maximum Gasteiger partial charge on any atom is 0.287 e. The van der Waals surface area contributed by atoms with E-state index in [9.17, 15) is 14.4 Å². The van der Waals surface area contributed by atoms with Crippen LogP contribution in [0.1, 0.15) is 42.7 Å². The van der Waals surface area contributed by atoms with Crippen molar-refractivity contribution < 1.29 is 28.3 Å². The van der Waals surface area contributed by atoms with Gasteiger partial charge in [-0.05, 0) is 37.1 Å². The van der Waals surface area contributed by atoms with Gasteiger partial charge < -0.3 is 29.4 Å². The van der Waals surface area contributed by atoms with Crippen molar-refractivity contribution in [1.82, 2.24) is 10.6 Å². The number of rotatable bonds is 7. The predicted molar refractivity (Wildman–Crippen MR) is 111 cm³/mol. The smallest absolute Gasteiger partial charge is 0.287 e. The Morgan fingerprint density at radius 2 is 1.77 bits per heavy atom. The van der Waals surface area contributed by atoms with E-state index in [4.69, 9.17) is 13.9 Å². The Labute approximate surface area is 179 Å². The predicted octanol–water partition coefficient (Wildman–Crippen LogP) is 2.22. The molecular formula is C22H25N3O6. The normalized spacial score (nSPS) is 15.4. The van der Waals surface area contributed by atoms with E-state index in [1.165, 1.54) is 12.3 Å². The van der Waals surface area contributed by atoms with E-state index in [2.05, 4.69) is 10.6 Å². The molecule has 0 bridgehead atoms. The van der Waals surface area contributed by atoms with E-state index in [1.54, 1.807) is 23.1 Å². The quantitative estimate of drug-likeness (QED) is 0.701. The Morgan fingerprint density at radius 1 is 0.968 bits per heavy atom. The molecule has 0 spiro atoms. The molecule has 0 saturated heterocycles. The molecule has 3 amide bonds. The molecule has 0 radical (unpaired) electrons. The van der Waals surface area contributed by atoms with E-state index < -0.39 is 11.8 Å². The lowest BCUT2D eigenvalue weighted by molar-refractivity contribution is -0.124. The fourth-order valence-corrected chi connectivity index (χ4v) is 3.91. The number of carbonyl (C=O) groups excluding carboxylic acids is 3. The van der Waals surface area contributed by atoms with Crippen molar-refractivity contribution in [3.8, 4) is 11.5 Å². The number of amides is 3. The third-order valence-corrected chi connectivity index (χ3v) is 5.43. The van der Waals surface area contributed by atoms with E-state index in [0.29, 0.717) is 11.5 Å². The summed E-state index contributed by atoms with van der Waals surface area (Å²) in [4.78, 5) is 38.9. The van der Waals surface area contributed by atoms with Gasteiger partial charge in [-0.15, -0.1) is 0 Å². The summed E-state index contributed by atoms with van der Waals surface area (Å²) in [6.07, 6.45) is 6.48. The molecule has 164 valence electrons. The third-order valence-electron chi connectivity index (χ3n) is 5.43. The zero-order valence-corrected chi connectivity index (χ0v) is 17.1. The minimum absolute atomic E-state index is 0.0668.